The Hall–Kier alpha value is -3.73. The van der Waals surface area contributed by atoms with Crippen LogP contribution >= 0.6 is 0 Å². The molecule has 0 N–H and O–H groups in total. The molecule has 2 amide bonds. The van der Waals surface area contributed by atoms with Gasteiger partial charge in [0.2, 0.25) is 17.6 Å². The molecule has 0 aliphatic carbocycles. The van der Waals surface area contributed by atoms with E-state index in [1.54, 1.807) is 34.1 Å². The highest BCUT2D eigenvalue weighted by molar-refractivity contribution is 6.00. The van der Waals surface area contributed by atoms with Gasteiger partial charge in [0.15, 0.2) is 11.5 Å². The highest BCUT2D eigenvalue weighted by Crippen LogP contribution is 2.42. The molecule has 33 heavy (non-hydrogen) atoms. The van der Waals surface area contributed by atoms with Crippen LogP contribution in [0.5, 0.6) is 17.2 Å². The second-order valence-electron chi connectivity index (χ2n) is 7.82. The average molecular weight is 452 g/mol. The summed E-state index contributed by atoms with van der Waals surface area (Å²) in [6.45, 7) is 4.66. The van der Waals surface area contributed by atoms with E-state index in [1.165, 1.54) is 21.3 Å². The molecule has 2 atom stereocenters. The van der Waals surface area contributed by atoms with Crippen molar-refractivity contribution in [3.63, 3.8) is 0 Å². The van der Waals surface area contributed by atoms with E-state index in [1.807, 2.05) is 26.0 Å². The van der Waals surface area contributed by atoms with E-state index >= 15 is 0 Å². The topological polar surface area (TPSA) is 92.1 Å². The third-order valence-corrected chi connectivity index (χ3v) is 6.05. The van der Waals surface area contributed by atoms with Crippen LogP contribution in [-0.4, -0.2) is 51.1 Å². The van der Waals surface area contributed by atoms with Gasteiger partial charge in [-0.1, -0.05) is 12.1 Å². The molecule has 0 spiro atoms. The van der Waals surface area contributed by atoms with E-state index < -0.39 is 5.92 Å². The number of rotatable bonds is 8. The standard InChI is InChI=1S/C25H29N3O5/c1-6-27(16(2)18-9-7-17(14-26)8-10-18)25(30)19-11-23(29)28(15-19)20-12-21(31-3)24(33-5)22(13-20)32-4/h7-10,12-13,16,19H,6,11,15H2,1-5H3/t16-,19-/m0/s1. The fraction of sp³-hybridized carbons (Fsp3) is 0.400. The minimum Gasteiger partial charge on any atom is -0.493 e. The van der Waals surface area contributed by atoms with Gasteiger partial charge in [-0.05, 0) is 31.5 Å². The van der Waals surface area contributed by atoms with Crippen molar-refractivity contribution < 1.29 is 23.8 Å². The molecule has 8 heteroatoms. The third-order valence-electron chi connectivity index (χ3n) is 6.05. The molecule has 0 radical (unpaired) electrons. The summed E-state index contributed by atoms with van der Waals surface area (Å²) in [5, 5.41) is 9.02. The number of nitrogens with zero attached hydrogens (tertiary/aromatic N) is 3. The second-order valence-corrected chi connectivity index (χ2v) is 7.82. The summed E-state index contributed by atoms with van der Waals surface area (Å²) in [7, 11) is 4.55. The number of hydrogen-bond donors (Lipinski definition) is 0. The molecule has 2 aromatic carbocycles. The minimum absolute atomic E-state index is 0.0716. The predicted molar refractivity (Wildman–Crippen MR) is 124 cm³/mol. The van der Waals surface area contributed by atoms with E-state index in [9.17, 15) is 9.59 Å². The van der Waals surface area contributed by atoms with Gasteiger partial charge in [-0.3, -0.25) is 9.59 Å². The van der Waals surface area contributed by atoms with Gasteiger partial charge in [0.05, 0.1) is 50.6 Å². The van der Waals surface area contributed by atoms with Crippen LogP contribution in [0.1, 0.15) is 37.4 Å². The Morgan fingerprint density at radius 1 is 1.15 bits per heavy atom. The van der Waals surface area contributed by atoms with Crippen molar-refractivity contribution >= 4 is 17.5 Å². The monoisotopic (exact) mass is 451 g/mol. The molecule has 0 saturated carbocycles. The highest BCUT2D eigenvalue weighted by Gasteiger charge is 2.38. The van der Waals surface area contributed by atoms with Crippen LogP contribution in [-0.2, 0) is 9.59 Å². The zero-order valence-corrected chi connectivity index (χ0v) is 19.6. The summed E-state index contributed by atoms with van der Waals surface area (Å²) in [5.74, 6) is 0.661. The van der Waals surface area contributed by atoms with Crippen LogP contribution in [0.3, 0.4) is 0 Å². The lowest BCUT2D eigenvalue weighted by molar-refractivity contribution is -0.137. The van der Waals surface area contributed by atoms with Crippen molar-refractivity contribution in [3.05, 3.63) is 47.5 Å². The molecule has 3 rings (SSSR count). The molecule has 8 nitrogen and oxygen atoms in total. The quantitative estimate of drug-likeness (QED) is 0.610. The van der Waals surface area contributed by atoms with Gasteiger partial charge in [-0.15, -0.1) is 0 Å². The fourth-order valence-electron chi connectivity index (χ4n) is 4.22. The lowest BCUT2D eigenvalue weighted by Crippen LogP contribution is -2.39. The maximum absolute atomic E-state index is 13.4. The normalized spacial score (nSPS) is 16.2. The molecule has 0 bridgehead atoms. The fourth-order valence-corrected chi connectivity index (χ4v) is 4.22. The molecule has 1 heterocycles. The van der Waals surface area contributed by atoms with Crippen molar-refractivity contribution in [2.45, 2.75) is 26.3 Å². The van der Waals surface area contributed by atoms with Crippen LogP contribution in [0.2, 0.25) is 0 Å². The number of benzene rings is 2. The van der Waals surface area contributed by atoms with Gasteiger partial charge in [-0.25, -0.2) is 0 Å². The summed E-state index contributed by atoms with van der Waals surface area (Å²) in [6, 6.07) is 12.6. The minimum atomic E-state index is -0.461. The van der Waals surface area contributed by atoms with Gasteiger partial charge in [-0.2, -0.15) is 5.26 Å². The Kier molecular flexibility index (Phi) is 7.44. The molecular formula is C25H29N3O5. The Balaban J connectivity index is 1.82. The first kappa shape index (κ1) is 23.9. The van der Waals surface area contributed by atoms with E-state index in [4.69, 9.17) is 19.5 Å². The van der Waals surface area contributed by atoms with Gasteiger partial charge >= 0.3 is 0 Å². The van der Waals surface area contributed by atoms with Crippen molar-refractivity contribution in [2.75, 3.05) is 39.3 Å². The van der Waals surface area contributed by atoms with E-state index in [0.29, 0.717) is 35.0 Å². The van der Waals surface area contributed by atoms with Gasteiger partial charge in [0.25, 0.3) is 0 Å². The number of methoxy groups -OCH3 is 3. The number of ether oxygens (including phenoxy) is 3. The molecule has 174 valence electrons. The second kappa shape index (κ2) is 10.3. The third kappa shape index (κ3) is 4.72. The molecule has 1 fully saturated rings. The van der Waals surface area contributed by atoms with E-state index in [-0.39, 0.29) is 30.8 Å². The zero-order chi connectivity index (χ0) is 24.1. The van der Waals surface area contributed by atoms with Crippen LogP contribution < -0.4 is 19.1 Å². The van der Waals surface area contributed by atoms with Gasteiger partial charge < -0.3 is 24.0 Å². The van der Waals surface area contributed by atoms with E-state index in [0.717, 1.165) is 5.56 Å². The van der Waals surface area contributed by atoms with Crippen molar-refractivity contribution in [1.82, 2.24) is 4.90 Å². The largest absolute Gasteiger partial charge is 0.493 e. The molecule has 1 aliphatic rings. The van der Waals surface area contributed by atoms with Crippen LogP contribution in [0.4, 0.5) is 5.69 Å². The Morgan fingerprint density at radius 3 is 2.24 bits per heavy atom. The Labute approximate surface area is 194 Å². The van der Waals surface area contributed by atoms with E-state index in [2.05, 4.69) is 6.07 Å². The van der Waals surface area contributed by atoms with Crippen LogP contribution in [0.25, 0.3) is 0 Å². The summed E-state index contributed by atoms with van der Waals surface area (Å²) in [6.07, 6.45) is 0.131. The Morgan fingerprint density at radius 2 is 1.76 bits per heavy atom. The number of carbonyl (C=O) groups is 2. The first-order chi connectivity index (χ1) is 15.9. The molecule has 1 aliphatic heterocycles. The summed E-state index contributed by atoms with van der Waals surface area (Å²) in [4.78, 5) is 29.7. The maximum Gasteiger partial charge on any atom is 0.228 e. The molecule has 2 aromatic rings. The van der Waals surface area contributed by atoms with Crippen molar-refractivity contribution in [3.8, 4) is 23.3 Å². The van der Waals surface area contributed by atoms with Gasteiger partial charge in [0, 0.05) is 31.6 Å². The van der Waals surface area contributed by atoms with Crippen molar-refractivity contribution in [1.29, 1.82) is 5.26 Å². The maximum atomic E-state index is 13.4. The first-order valence-electron chi connectivity index (χ1n) is 10.8. The number of nitriles is 1. The summed E-state index contributed by atoms with van der Waals surface area (Å²) >= 11 is 0. The highest BCUT2D eigenvalue weighted by atomic mass is 16.5. The van der Waals surface area contributed by atoms with Gasteiger partial charge in [0.1, 0.15) is 0 Å². The lowest BCUT2D eigenvalue weighted by atomic mass is 10.0. The zero-order valence-electron chi connectivity index (χ0n) is 19.6. The number of hydrogen-bond acceptors (Lipinski definition) is 6. The molecule has 1 saturated heterocycles. The predicted octanol–water partition coefficient (Wildman–Crippen LogP) is 3.55. The average Bonchev–Trinajstić information content (AvgIpc) is 3.24. The molecule has 0 aromatic heterocycles. The summed E-state index contributed by atoms with van der Waals surface area (Å²) in [5.41, 5.74) is 2.10. The smallest absolute Gasteiger partial charge is 0.228 e. The number of amides is 2. The Bertz CT molecular complexity index is 1040. The summed E-state index contributed by atoms with van der Waals surface area (Å²) < 4.78 is 16.2. The van der Waals surface area contributed by atoms with Crippen LogP contribution in [0, 0.1) is 17.2 Å². The SMILES string of the molecule is CCN(C(=O)[C@H]1CC(=O)N(c2cc(OC)c(OC)c(OC)c2)C1)[C@@H](C)c1ccc(C#N)cc1. The molecular weight excluding hydrogens is 422 g/mol. The van der Waals surface area contributed by atoms with Crippen LogP contribution in [0.15, 0.2) is 36.4 Å². The number of anilines is 1. The number of carbonyl (C=O) groups excluding carboxylic acids is 2. The first-order valence-corrected chi connectivity index (χ1v) is 10.8. The van der Waals surface area contributed by atoms with Crippen molar-refractivity contribution in [2.24, 2.45) is 5.92 Å². The molecule has 0 unspecified atom stereocenters. The lowest BCUT2D eigenvalue weighted by Gasteiger charge is -2.30.